The number of benzene rings is 2. The van der Waals surface area contributed by atoms with Crippen LogP contribution in [0, 0.1) is 0 Å². The smallest absolute Gasteiger partial charge is 0.257 e. The van der Waals surface area contributed by atoms with Crippen LogP contribution >= 0.6 is 23.2 Å². The summed E-state index contributed by atoms with van der Waals surface area (Å²) in [5.74, 6) is -0.476. The maximum absolute atomic E-state index is 12.8. The molecule has 152 valence electrons. The summed E-state index contributed by atoms with van der Waals surface area (Å²) < 4.78 is 26.9. The van der Waals surface area contributed by atoms with Gasteiger partial charge >= 0.3 is 0 Å². The van der Waals surface area contributed by atoms with E-state index in [2.05, 4.69) is 10.3 Å². The summed E-state index contributed by atoms with van der Waals surface area (Å²) in [6.45, 7) is 4.11. The summed E-state index contributed by atoms with van der Waals surface area (Å²) in [5.41, 5.74) is 1.16. The van der Waals surface area contributed by atoms with E-state index in [4.69, 9.17) is 23.2 Å². The van der Waals surface area contributed by atoms with Crippen LogP contribution < -0.4 is 5.32 Å². The largest absolute Gasteiger partial charge is 0.322 e. The normalized spacial score (nSPS) is 11.8. The Kier molecular flexibility index (Phi) is 6.43. The topological polar surface area (TPSA) is 79.4 Å². The highest BCUT2D eigenvalue weighted by molar-refractivity contribution is 7.89. The summed E-state index contributed by atoms with van der Waals surface area (Å²) in [6.07, 6.45) is 1.63. The Bertz CT molecular complexity index is 1180. The molecule has 1 N–H and O–H groups in total. The van der Waals surface area contributed by atoms with Gasteiger partial charge in [-0.3, -0.25) is 9.78 Å². The minimum atomic E-state index is -3.78. The molecule has 1 aromatic heterocycles. The van der Waals surface area contributed by atoms with Gasteiger partial charge in [0.15, 0.2) is 0 Å². The van der Waals surface area contributed by atoms with Crippen LogP contribution in [0.5, 0.6) is 0 Å². The molecule has 0 saturated carbocycles. The standard InChI is InChI=1S/C20H19Cl2N3O3S/c1-3-25(4-2)29(27,28)19-11-14(7-8-16(19)21)24-20(26)15-12-18-13(10-17(15)22)6-5-9-23-18/h5-12H,3-4H2,1-2H3,(H,24,26). The Balaban J connectivity index is 1.95. The fourth-order valence-electron chi connectivity index (χ4n) is 2.95. The van der Waals surface area contributed by atoms with Crippen molar-refractivity contribution in [1.82, 2.24) is 9.29 Å². The first-order valence-electron chi connectivity index (χ1n) is 8.93. The second-order valence-electron chi connectivity index (χ2n) is 6.22. The molecule has 0 aliphatic heterocycles. The number of hydrogen-bond acceptors (Lipinski definition) is 4. The highest BCUT2D eigenvalue weighted by atomic mass is 35.5. The zero-order valence-electron chi connectivity index (χ0n) is 15.8. The number of sulfonamides is 1. The minimum Gasteiger partial charge on any atom is -0.322 e. The molecule has 1 heterocycles. The molecule has 3 aromatic rings. The van der Waals surface area contributed by atoms with Crippen molar-refractivity contribution in [3.8, 4) is 0 Å². The fourth-order valence-corrected chi connectivity index (χ4v) is 5.16. The maximum atomic E-state index is 12.8. The number of rotatable bonds is 6. The van der Waals surface area contributed by atoms with E-state index in [1.165, 1.54) is 22.5 Å². The van der Waals surface area contributed by atoms with E-state index in [-0.39, 0.29) is 20.5 Å². The molecule has 0 atom stereocenters. The lowest BCUT2D eigenvalue weighted by atomic mass is 10.1. The number of carbonyl (C=O) groups excluding carboxylic acids is 1. The fraction of sp³-hybridized carbons (Fsp3) is 0.200. The zero-order chi connectivity index (χ0) is 21.2. The van der Waals surface area contributed by atoms with Gasteiger partial charge in [0.05, 0.1) is 21.1 Å². The van der Waals surface area contributed by atoms with Gasteiger partial charge < -0.3 is 5.32 Å². The average molecular weight is 452 g/mol. The molecule has 0 bridgehead atoms. The van der Waals surface area contributed by atoms with Crippen molar-refractivity contribution in [1.29, 1.82) is 0 Å². The molecule has 0 fully saturated rings. The summed E-state index contributed by atoms with van der Waals surface area (Å²) in [7, 11) is -3.78. The van der Waals surface area contributed by atoms with Gasteiger partial charge in [-0.2, -0.15) is 4.31 Å². The van der Waals surface area contributed by atoms with Gasteiger partial charge in [-0.25, -0.2) is 8.42 Å². The molecule has 0 aliphatic carbocycles. The number of pyridine rings is 1. The third-order valence-electron chi connectivity index (χ3n) is 4.45. The van der Waals surface area contributed by atoms with Gasteiger partial charge in [-0.05, 0) is 36.4 Å². The van der Waals surface area contributed by atoms with E-state index >= 15 is 0 Å². The van der Waals surface area contributed by atoms with Crippen LogP contribution in [0.2, 0.25) is 10.0 Å². The molecule has 3 rings (SSSR count). The van der Waals surface area contributed by atoms with Crippen molar-refractivity contribution >= 4 is 55.7 Å². The monoisotopic (exact) mass is 451 g/mol. The number of carbonyl (C=O) groups is 1. The number of amides is 1. The average Bonchev–Trinajstić information content (AvgIpc) is 2.69. The Morgan fingerprint density at radius 3 is 2.48 bits per heavy atom. The number of aromatic nitrogens is 1. The minimum absolute atomic E-state index is 0.0630. The number of nitrogens with zero attached hydrogens (tertiary/aromatic N) is 2. The first kappa shape index (κ1) is 21.5. The molecule has 0 spiro atoms. The van der Waals surface area contributed by atoms with Crippen LogP contribution in [0.15, 0.2) is 53.6 Å². The van der Waals surface area contributed by atoms with Crippen molar-refractivity contribution < 1.29 is 13.2 Å². The Labute approximate surface area is 179 Å². The first-order chi connectivity index (χ1) is 13.8. The molecule has 6 nitrogen and oxygen atoms in total. The van der Waals surface area contributed by atoms with Crippen molar-refractivity contribution in [2.24, 2.45) is 0 Å². The Hall–Kier alpha value is -2.19. The van der Waals surface area contributed by atoms with Gasteiger partial charge in [0.1, 0.15) is 4.90 Å². The predicted molar refractivity (Wildman–Crippen MR) is 116 cm³/mol. The van der Waals surface area contributed by atoms with E-state index < -0.39 is 15.9 Å². The molecular weight excluding hydrogens is 433 g/mol. The molecule has 0 aliphatic rings. The van der Waals surface area contributed by atoms with Crippen LogP contribution in [-0.2, 0) is 10.0 Å². The third-order valence-corrected chi connectivity index (χ3v) is 7.29. The number of hydrogen-bond donors (Lipinski definition) is 1. The Morgan fingerprint density at radius 1 is 1.07 bits per heavy atom. The quantitative estimate of drug-likeness (QED) is 0.582. The lowest BCUT2D eigenvalue weighted by molar-refractivity contribution is 0.102. The van der Waals surface area contributed by atoms with Crippen LogP contribution in [0.1, 0.15) is 24.2 Å². The van der Waals surface area contributed by atoms with Crippen molar-refractivity contribution in [2.45, 2.75) is 18.7 Å². The maximum Gasteiger partial charge on any atom is 0.257 e. The van der Waals surface area contributed by atoms with Gasteiger partial charge in [-0.15, -0.1) is 0 Å². The number of fused-ring (bicyclic) bond motifs is 1. The molecule has 9 heteroatoms. The van der Waals surface area contributed by atoms with E-state index in [0.29, 0.717) is 24.3 Å². The van der Waals surface area contributed by atoms with Gasteiger partial charge in [0.2, 0.25) is 10.0 Å². The second kappa shape index (κ2) is 8.67. The van der Waals surface area contributed by atoms with Crippen LogP contribution in [0.3, 0.4) is 0 Å². The molecule has 2 aromatic carbocycles. The van der Waals surface area contributed by atoms with Gasteiger partial charge in [0, 0.05) is 30.4 Å². The molecule has 0 unspecified atom stereocenters. The van der Waals surface area contributed by atoms with Crippen molar-refractivity contribution in [2.75, 3.05) is 18.4 Å². The number of anilines is 1. The van der Waals surface area contributed by atoms with Crippen LogP contribution in [0.25, 0.3) is 10.9 Å². The highest BCUT2D eigenvalue weighted by Gasteiger charge is 2.25. The third kappa shape index (κ3) is 4.38. The number of nitrogens with one attached hydrogen (secondary N) is 1. The second-order valence-corrected chi connectivity index (χ2v) is 8.94. The summed E-state index contributed by atoms with van der Waals surface area (Å²) in [6, 6.07) is 11.2. The van der Waals surface area contributed by atoms with E-state index in [1.807, 2.05) is 6.07 Å². The lowest BCUT2D eigenvalue weighted by Crippen LogP contribution is -2.30. The molecular formula is C20H19Cl2N3O3S. The Morgan fingerprint density at radius 2 is 1.79 bits per heavy atom. The summed E-state index contributed by atoms with van der Waals surface area (Å²) in [4.78, 5) is 16.9. The lowest BCUT2D eigenvalue weighted by Gasteiger charge is -2.19. The number of halogens is 2. The van der Waals surface area contributed by atoms with E-state index in [0.717, 1.165) is 5.39 Å². The molecule has 29 heavy (non-hydrogen) atoms. The van der Waals surface area contributed by atoms with Gasteiger partial charge in [0.25, 0.3) is 5.91 Å². The zero-order valence-corrected chi connectivity index (χ0v) is 18.1. The first-order valence-corrected chi connectivity index (χ1v) is 11.1. The van der Waals surface area contributed by atoms with Crippen LogP contribution in [0.4, 0.5) is 5.69 Å². The highest BCUT2D eigenvalue weighted by Crippen LogP contribution is 2.29. The van der Waals surface area contributed by atoms with E-state index in [1.54, 1.807) is 38.2 Å². The molecule has 1 amide bonds. The molecule has 0 saturated heterocycles. The van der Waals surface area contributed by atoms with Crippen molar-refractivity contribution in [3.63, 3.8) is 0 Å². The SMILES string of the molecule is CCN(CC)S(=O)(=O)c1cc(NC(=O)c2cc3ncccc3cc2Cl)ccc1Cl. The van der Waals surface area contributed by atoms with Crippen LogP contribution in [-0.4, -0.2) is 36.7 Å². The summed E-state index contributed by atoms with van der Waals surface area (Å²) in [5, 5.41) is 3.86. The molecule has 0 radical (unpaired) electrons. The summed E-state index contributed by atoms with van der Waals surface area (Å²) >= 11 is 12.4. The van der Waals surface area contributed by atoms with Crippen molar-refractivity contribution in [3.05, 3.63) is 64.3 Å². The predicted octanol–water partition coefficient (Wildman–Crippen LogP) is 4.82. The van der Waals surface area contributed by atoms with E-state index in [9.17, 15) is 13.2 Å². The van der Waals surface area contributed by atoms with Gasteiger partial charge in [-0.1, -0.05) is 43.1 Å².